The Kier molecular flexibility index (Phi) is 5.03. The van der Waals surface area contributed by atoms with Gasteiger partial charge in [-0.05, 0) is 67.4 Å². The van der Waals surface area contributed by atoms with Crippen molar-refractivity contribution in [1.29, 1.82) is 0 Å². The Morgan fingerprint density at radius 1 is 1.00 bits per heavy atom. The van der Waals surface area contributed by atoms with Crippen LogP contribution in [0.2, 0.25) is 0 Å². The fraction of sp³-hybridized carbons (Fsp3) is 0.0870. The minimum absolute atomic E-state index is 0.193. The summed E-state index contributed by atoms with van der Waals surface area (Å²) < 4.78 is 0.890. The van der Waals surface area contributed by atoms with Gasteiger partial charge in [0.2, 0.25) is 0 Å². The summed E-state index contributed by atoms with van der Waals surface area (Å²) in [5.74, 6) is -0.426. The molecule has 2 amide bonds. The van der Waals surface area contributed by atoms with Crippen LogP contribution in [0.1, 0.15) is 27.0 Å². The standard InChI is InChI=1S/C23H18BrN3O2/c1-13-5-3-4-6-19(13)26-22(28)15-7-9-17(10-8-15)25-21-18-12-16(24)11-14(2)20(18)27-23(21)29/h3-12H,1-2H3,(H,26,28)(H,25,27,29). The molecule has 6 heteroatoms. The van der Waals surface area contributed by atoms with Gasteiger partial charge in [-0.3, -0.25) is 9.59 Å². The third kappa shape index (κ3) is 3.84. The van der Waals surface area contributed by atoms with Crippen LogP contribution in [0.25, 0.3) is 0 Å². The lowest BCUT2D eigenvalue weighted by atomic mass is 10.1. The topological polar surface area (TPSA) is 70.6 Å². The first-order valence-corrected chi connectivity index (χ1v) is 9.89. The summed E-state index contributed by atoms with van der Waals surface area (Å²) in [6, 6.07) is 18.3. The zero-order valence-electron chi connectivity index (χ0n) is 15.9. The van der Waals surface area contributed by atoms with Gasteiger partial charge in [-0.15, -0.1) is 0 Å². The van der Waals surface area contributed by atoms with Gasteiger partial charge in [-0.1, -0.05) is 34.1 Å². The number of benzene rings is 3. The lowest BCUT2D eigenvalue weighted by Crippen LogP contribution is -2.14. The molecule has 0 bridgehead atoms. The number of aliphatic imine (C=N–C) groups is 1. The van der Waals surface area contributed by atoms with Crippen LogP contribution in [0.4, 0.5) is 17.1 Å². The van der Waals surface area contributed by atoms with Gasteiger partial charge < -0.3 is 10.6 Å². The van der Waals surface area contributed by atoms with Crippen molar-refractivity contribution in [3.8, 4) is 0 Å². The van der Waals surface area contributed by atoms with Crippen molar-refractivity contribution in [1.82, 2.24) is 0 Å². The number of nitrogens with one attached hydrogen (secondary N) is 2. The summed E-state index contributed by atoms with van der Waals surface area (Å²) in [5.41, 5.74) is 5.78. The number of aryl methyl sites for hydroxylation is 2. The molecule has 5 nitrogen and oxygen atoms in total. The lowest BCUT2D eigenvalue weighted by molar-refractivity contribution is -0.110. The molecular weight excluding hydrogens is 430 g/mol. The zero-order valence-corrected chi connectivity index (χ0v) is 17.5. The summed E-state index contributed by atoms with van der Waals surface area (Å²) in [7, 11) is 0. The Hall–Kier alpha value is -3.25. The number of halogens is 1. The Balaban J connectivity index is 1.59. The number of anilines is 2. The first kappa shape index (κ1) is 19.1. The van der Waals surface area contributed by atoms with E-state index in [0.29, 0.717) is 17.0 Å². The smallest absolute Gasteiger partial charge is 0.275 e. The molecule has 1 aliphatic rings. The van der Waals surface area contributed by atoms with Crippen LogP contribution in [-0.4, -0.2) is 17.5 Å². The lowest BCUT2D eigenvalue weighted by Gasteiger charge is -2.08. The van der Waals surface area contributed by atoms with Crippen LogP contribution in [0.3, 0.4) is 0 Å². The number of carbonyl (C=O) groups is 2. The van der Waals surface area contributed by atoms with E-state index >= 15 is 0 Å². The van der Waals surface area contributed by atoms with E-state index in [1.165, 1.54) is 0 Å². The molecule has 0 saturated heterocycles. The molecular formula is C23H18BrN3O2. The maximum atomic E-state index is 12.5. The Morgan fingerprint density at radius 3 is 2.45 bits per heavy atom. The van der Waals surface area contributed by atoms with Crippen LogP contribution in [-0.2, 0) is 4.79 Å². The van der Waals surface area contributed by atoms with Crippen molar-refractivity contribution in [3.05, 3.63) is 87.4 Å². The van der Waals surface area contributed by atoms with E-state index in [9.17, 15) is 9.59 Å². The minimum Gasteiger partial charge on any atom is -0.322 e. The molecule has 0 aliphatic carbocycles. The van der Waals surface area contributed by atoms with E-state index < -0.39 is 0 Å². The Bertz CT molecular complexity index is 1170. The van der Waals surface area contributed by atoms with Gasteiger partial charge in [0.05, 0.1) is 11.4 Å². The van der Waals surface area contributed by atoms with Crippen molar-refractivity contribution < 1.29 is 9.59 Å². The number of rotatable bonds is 3. The summed E-state index contributed by atoms with van der Waals surface area (Å²) >= 11 is 3.47. The number of carbonyl (C=O) groups excluding carboxylic acids is 2. The van der Waals surface area contributed by atoms with Gasteiger partial charge in [0, 0.05) is 21.3 Å². The number of amides is 2. The number of nitrogens with zero attached hydrogens (tertiary/aromatic N) is 1. The monoisotopic (exact) mass is 447 g/mol. The van der Waals surface area contributed by atoms with Gasteiger partial charge in [-0.25, -0.2) is 4.99 Å². The fourth-order valence-corrected chi connectivity index (χ4v) is 3.80. The summed E-state index contributed by atoms with van der Waals surface area (Å²) in [6.45, 7) is 3.88. The predicted molar refractivity (Wildman–Crippen MR) is 119 cm³/mol. The average molecular weight is 448 g/mol. The molecule has 0 aromatic heterocycles. The van der Waals surface area contributed by atoms with Crippen LogP contribution in [0.5, 0.6) is 0 Å². The molecule has 0 saturated carbocycles. The summed E-state index contributed by atoms with van der Waals surface area (Å²) in [5, 5.41) is 5.78. The second-order valence-electron chi connectivity index (χ2n) is 6.88. The van der Waals surface area contributed by atoms with Gasteiger partial charge in [-0.2, -0.15) is 0 Å². The van der Waals surface area contributed by atoms with E-state index in [2.05, 4.69) is 31.6 Å². The number of fused-ring (bicyclic) bond motifs is 1. The highest BCUT2D eigenvalue weighted by Gasteiger charge is 2.27. The first-order chi connectivity index (χ1) is 13.9. The molecule has 2 N–H and O–H groups in total. The van der Waals surface area contributed by atoms with E-state index in [4.69, 9.17) is 0 Å². The molecule has 144 valence electrons. The highest BCUT2D eigenvalue weighted by molar-refractivity contribution is 9.10. The van der Waals surface area contributed by atoms with Crippen LogP contribution >= 0.6 is 15.9 Å². The molecule has 0 spiro atoms. The SMILES string of the molecule is Cc1ccccc1NC(=O)c1ccc(N=C2C(=O)Nc3c(C)cc(Br)cc32)cc1. The van der Waals surface area contributed by atoms with Crippen molar-refractivity contribution in [2.45, 2.75) is 13.8 Å². The van der Waals surface area contributed by atoms with Crippen LogP contribution in [0, 0.1) is 13.8 Å². The quantitative estimate of drug-likeness (QED) is 0.564. The fourth-order valence-electron chi connectivity index (χ4n) is 3.23. The molecule has 0 unspecified atom stereocenters. The van der Waals surface area contributed by atoms with Gasteiger partial charge >= 0.3 is 0 Å². The molecule has 0 radical (unpaired) electrons. The molecule has 1 aliphatic heterocycles. The van der Waals surface area contributed by atoms with Gasteiger partial charge in [0.1, 0.15) is 5.71 Å². The Labute approximate surface area is 177 Å². The van der Waals surface area contributed by atoms with Crippen molar-refractivity contribution in [2.24, 2.45) is 4.99 Å². The normalized spacial score (nSPS) is 13.9. The molecule has 29 heavy (non-hydrogen) atoms. The number of hydrogen-bond acceptors (Lipinski definition) is 3. The molecule has 3 aromatic carbocycles. The van der Waals surface area contributed by atoms with Crippen molar-refractivity contribution >= 4 is 50.5 Å². The van der Waals surface area contributed by atoms with Crippen molar-refractivity contribution in [2.75, 3.05) is 10.6 Å². The maximum absolute atomic E-state index is 12.5. The molecule has 4 rings (SSSR count). The minimum atomic E-state index is -0.234. The highest BCUT2D eigenvalue weighted by atomic mass is 79.9. The third-order valence-electron chi connectivity index (χ3n) is 4.77. The van der Waals surface area contributed by atoms with E-state index in [1.807, 2.05) is 50.2 Å². The number of hydrogen-bond donors (Lipinski definition) is 2. The summed E-state index contributed by atoms with van der Waals surface area (Å²) in [4.78, 5) is 29.4. The third-order valence-corrected chi connectivity index (χ3v) is 5.23. The zero-order chi connectivity index (χ0) is 20.5. The summed E-state index contributed by atoms with van der Waals surface area (Å²) in [6.07, 6.45) is 0. The van der Waals surface area contributed by atoms with Crippen LogP contribution < -0.4 is 10.6 Å². The first-order valence-electron chi connectivity index (χ1n) is 9.10. The van der Waals surface area contributed by atoms with E-state index in [0.717, 1.165) is 32.5 Å². The molecule has 0 atom stereocenters. The second-order valence-corrected chi connectivity index (χ2v) is 7.79. The molecule has 0 fully saturated rings. The van der Waals surface area contributed by atoms with E-state index in [1.54, 1.807) is 24.3 Å². The van der Waals surface area contributed by atoms with Gasteiger partial charge in [0.15, 0.2) is 0 Å². The largest absolute Gasteiger partial charge is 0.322 e. The second kappa shape index (κ2) is 7.64. The average Bonchev–Trinajstić information content (AvgIpc) is 3.00. The predicted octanol–water partition coefficient (Wildman–Crippen LogP) is 5.39. The van der Waals surface area contributed by atoms with E-state index in [-0.39, 0.29) is 11.8 Å². The highest BCUT2D eigenvalue weighted by Crippen LogP contribution is 2.32. The Morgan fingerprint density at radius 2 is 1.72 bits per heavy atom. The molecule has 1 heterocycles. The van der Waals surface area contributed by atoms with Crippen LogP contribution in [0.15, 0.2) is 70.1 Å². The van der Waals surface area contributed by atoms with Crippen molar-refractivity contribution in [3.63, 3.8) is 0 Å². The van der Waals surface area contributed by atoms with Gasteiger partial charge in [0.25, 0.3) is 11.8 Å². The molecule has 3 aromatic rings. The maximum Gasteiger partial charge on any atom is 0.275 e. The number of para-hydroxylation sites is 1.